The van der Waals surface area contributed by atoms with Crippen LogP contribution in [0.15, 0.2) is 35.7 Å². The maximum atomic E-state index is 13.5. The molecule has 0 aliphatic carbocycles. The molecule has 2 aliphatic rings. The van der Waals surface area contributed by atoms with Crippen molar-refractivity contribution in [3.63, 3.8) is 0 Å². The first-order valence-electron chi connectivity index (χ1n) is 10.6. The second-order valence-corrected chi connectivity index (χ2v) is 8.96. The van der Waals surface area contributed by atoms with Crippen LogP contribution in [0.1, 0.15) is 36.2 Å². The number of nitrogens with zero attached hydrogens (tertiary/aromatic N) is 2. The molecule has 2 aliphatic heterocycles. The molecule has 0 bridgehead atoms. The minimum absolute atomic E-state index is 0.00589. The van der Waals surface area contributed by atoms with E-state index in [9.17, 15) is 14.0 Å². The molecule has 0 radical (unpaired) electrons. The van der Waals surface area contributed by atoms with Crippen LogP contribution < -0.4 is 4.74 Å². The lowest BCUT2D eigenvalue weighted by atomic mass is 10.0. The third kappa shape index (κ3) is 5.25. The summed E-state index contributed by atoms with van der Waals surface area (Å²) < 4.78 is 25.0. The smallest absolute Gasteiger partial charge is 0.242 e. The highest BCUT2D eigenvalue weighted by Gasteiger charge is 2.33. The van der Waals surface area contributed by atoms with Crippen LogP contribution in [0.5, 0.6) is 5.75 Å². The van der Waals surface area contributed by atoms with Gasteiger partial charge in [0.2, 0.25) is 11.8 Å². The third-order valence-electron chi connectivity index (χ3n) is 5.84. The highest BCUT2D eigenvalue weighted by atomic mass is 32.1. The van der Waals surface area contributed by atoms with Crippen molar-refractivity contribution in [2.24, 2.45) is 0 Å². The van der Waals surface area contributed by atoms with Gasteiger partial charge in [0.15, 0.2) is 0 Å². The summed E-state index contributed by atoms with van der Waals surface area (Å²) in [4.78, 5) is 30.0. The summed E-state index contributed by atoms with van der Waals surface area (Å²) in [7, 11) is 0. The summed E-state index contributed by atoms with van der Waals surface area (Å²) in [5, 5.41) is 2.02. The number of halogens is 1. The molecule has 1 aromatic heterocycles. The molecule has 2 aromatic rings. The van der Waals surface area contributed by atoms with E-state index in [0.717, 1.165) is 24.8 Å². The molecule has 1 aromatic carbocycles. The molecule has 6 nitrogen and oxygen atoms in total. The van der Waals surface area contributed by atoms with Gasteiger partial charge >= 0.3 is 0 Å². The molecule has 166 valence electrons. The summed E-state index contributed by atoms with van der Waals surface area (Å²) in [5.74, 6) is -0.183. The first-order valence-corrected chi connectivity index (χ1v) is 11.5. The molecule has 0 unspecified atom stereocenters. The number of hydrogen-bond donors (Lipinski definition) is 0. The van der Waals surface area contributed by atoms with Gasteiger partial charge in [-0.2, -0.15) is 0 Å². The summed E-state index contributed by atoms with van der Waals surface area (Å²) in [6, 6.07) is 7.75. The summed E-state index contributed by atoms with van der Waals surface area (Å²) >= 11 is 1.67. The van der Waals surface area contributed by atoms with E-state index in [1.165, 1.54) is 23.9 Å². The van der Waals surface area contributed by atoms with Crippen molar-refractivity contribution in [1.82, 2.24) is 9.80 Å². The standard InChI is InChI=1S/C23H27FN2O4S/c1-16(27)25(13-19-6-3-10-29-19)14-23(28)26-9-7-22-20(8-11-31-22)21(26)15-30-18-5-2-4-17(24)12-18/h2,4-5,8,11-12,19,21H,3,6-7,9-10,13-15H2,1H3/t19-,21+/m1/s1. The minimum Gasteiger partial charge on any atom is -0.491 e. The Morgan fingerprint density at radius 1 is 1.35 bits per heavy atom. The number of benzene rings is 1. The molecular weight excluding hydrogens is 419 g/mol. The Labute approximate surface area is 185 Å². The minimum atomic E-state index is -0.364. The quantitative estimate of drug-likeness (QED) is 0.654. The molecule has 2 amide bonds. The molecule has 0 saturated carbocycles. The Morgan fingerprint density at radius 2 is 2.23 bits per heavy atom. The zero-order valence-corrected chi connectivity index (χ0v) is 18.4. The number of rotatable bonds is 7. The van der Waals surface area contributed by atoms with Crippen molar-refractivity contribution in [3.8, 4) is 5.75 Å². The molecule has 0 spiro atoms. The molecule has 4 rings (SSSR count). The monoisotopic (exact) mass is 446 g/mol. The van der Waals surface area contributed by atoms with E-state index < -0.39 is 0 Å². The summed E-state index contributed by atoms with van der Waals surface area (Å²) in [6.45, 7) is 3.44. The van der Waals surface area contributed by atoms with Gasteiger partial charge in [0.05, 0.1) is 18.7 Å². The van der Waals surface area contributed by atoms with Crippen molar-refractivity contribution in [2.75, 3.05) is 32.8 Å². The Morgan fingerprint density at radius 3 is 2.97 bits per heavy atom. The van der Waals surface area contributed by atoms with Gasteiger partial charge in [-0.15, -0.1) is 11.3 Å². The predicted molar refractivity (Wildman–Crippen MR) is 116 cm³/mol. The van der Waals surface area contributed by atoms with Gasteiger partial charge < -0.3 is 19.3 Å². The first kappa shape index (κ1) is 21.8. The number of hydrogen-bond acceptors (Lipinski definition) is 5. The van der Waals surface area contributed by atoms with Crippen LogP contribution >= 0.6 is 11.3 Å². The number of fused-ring (bicyclic) bond motifs is 1. The molecule has 1 fully saturated rings. The zero-order valence-electron chi connectivity index (χ0n) is 17.6. The Kier molecular flexibility index (Phi) is 6.87. The fourth-order valence-corrected chi connectivity index (χ4v) is 5.13. The van der Waals surface area contributed by atoms with Crippen molar-refractivity contribution in [1.29, 1.82) is 0 Å². The normalized spacial score (nSPS) is 20.4. The maximum absolute atomic E-state index is 13.5. The number of amides is 2. The number of thiophene rings is 1. The predicted octanol–water partition coefficient (Wildman–Crippen LogP) is 3.42. The lowest BCUT2D eigenvalue weighted by Gasteiger charge is -2.37. The number of carbonyl (C=O) groups excluding carboxylic acids is 2. The second-order valence-electron chi connectivity index (χ2n) is 7.95. The second kappa shape index (κ2) is 9.78. The third-order valence-corrected chi connectivity index (χ3v) is 6.84. The highest BCUT2D eigenvalue weighted by Crippen LogP contribution is 2.34. The van der Waals surface area contributed by atoms with Gasteiger partial charge in [-0.1, -0.05) is 6.07 Å². The van der Waals surface area contributed by atoms with Gasteiger partial charge in [0.25, 0.3) is 0 Å². The van der Waals surface area contributed by atoms with Gasteiger partial charge in [-0.05, 0) is 48.4 Å². The fraction of sp³-hybridized carbons (Fsp3) is 0.478. The zero-order chi connectivity index (χ0) is 21.8. The first-order chi connectivity index (χ1) is 15.0. The molecule has 8 heteroatoms. The van der Waals surface area contributed by atoms with Crippen molar-refractivity contribution in [2.45, 2.75) is 38.3 Å². The van der Waals surface area contributed by atoms with Crippen LogP contribution in [0.4, 0.5) is 4.39 Å². The lowest BCUT2D eigenvalue weighted by molar-refractivity contribution is -0.142. The Hall–Kier alpha value is -2.45. The van der Waals surface area contributed by atoms with Crippen LogP contribution in [0, 0.1) is 5.82 Å². The average Bonchev–Trinajstić information content (AvgIpc) is 3.43. The molecular formula is C23H27FN2O4S. The van der Waals surface area contributed by atoms with Crippen molar-refractivity contribution < 1.29 is 23.5 Å². The van der Waals surface area contributed by atoms with Crippen LogP contribution in [0.2, 0.25) is 0 Å². The lowest BCUT2D eigenvalue weighted by Crippen LogP contribution is -2.48. The summed E-state index contributed by atoms with van der Waals surface area (Å²) in [6.07, 6.45) is 2.66. The Bertz CT molecular complexity index is 928. The topological polar surface area (TPSA) is 59.1 Å². The van der Waals surface area contributed by atoms with E-state index in [4.69, 9.17) is 9.47 Å². The van der Waals surface area contributed by atoms with E-state index in [0.29, 0.717) is 25.4 Å². The average molecular weight is 447 g/mol. The maximum Gasteiger partial charge on any atom is 0.242 e. The largest absolute Gasteiger partial charge is 0.491 e. The van der Waals surface area contributed by atoms with E-state index in [-0.39, 0.29) is 42.9 Å². The number of carbonyl (C=O) groups is 2. The molecule has 31 heavy (non-hydrogen) atoms. The van der Waals surface area contributed by atoms with E-state index in [1.807, 2.05) is 11.4 Å². The van der Waals surface area contributed by atoms with Crippen LogP contribution in [0.25, 0.3) is 0 Å². The van der Waals surface area contributed by atoms with E-state index in [1.54, 1.807) is 33.3 Å². The van der Waals surface area contributed by atoms with Crippen LogP contribution in [-0.4, -0.2) is 60.6 Å². The van der Waals surface area contributed by atoms with Gasteiger partial charge in [-0.25, -0.2) is 4.39 Å². The van der Waals surface area contributed by atoms with E-state index in [2.05, 4.69) is 0 Å². The van der Waals surface area contributed by atoms with Gasteiger partial charge in [0.1, 0.15) is 18.2 Å². The molecule has 2 atom stereocenters. The molecule has 3 heterocycles. The van der Waals surface area contributed by atoms with Gasteiger partial charge in [0, 0.05) is 37.6 Å². The summed E-state index contributed by atoms with van der Waals surface area (Å²) in [5.41, 5.74) is 1.06. The SMILES string of the molecule is CC(=O)N(CC(=O)N1CCc2sccc2[C@@H]1COc1cccc(F)c1)C[C@H]1CCCO1. The molecule has 0 N–H and O–H groups in total. The van der Waals surface area contributed by atoms with Gasteiger partial charge in [-0.3, -0.25) is 9.59 Å². The Balaban J connectivity index is 1.47. The van der Waals surface area contributed by atoms with Crippen LogP contribution in [0.3, 0.4) is 0 Å². The van der Waals surface area contributed by atoms with Crippen molar-refractivity contribution >= 4 is 23.2 Å². The van der Waals surface area contributed by atoms with E-state index >= 15 is 0 Å². The molecule has 1 saturated heterocycles. The highest BCUT2D eigenvalue weighted by molar-refractivity contribution is 7.10. The van der Waals surface area contributed by atoms with Crippen molar-refractivity contribution in [3.05, 3.63) is 52.0 Å². The number of ether oxygens (including phenoxy) is 2. The van der Waals surface area contributed by atoms with Crippen LogP contribution in [-0.2, 0) is 20.7 Å². The fourth-order valence-electron chi connectivity index (χ4n) is 4.20.